The second-order valence-corrected chi connectivity index (χ2v) is 6.16. The molecule has 1 heterocycles. The number of hydrogen-bond acceptors (Lipinski definition) is 5. The summed E-state index contributed by atoms with van der Waals surface area (Å²) < 4.78 is 5.71. The normalized spacial score (nSPS) is 10.4. The molecule has 1 aromatic heterocycles. The van der Waals surface area contributed by atoms with E-state index in [0.29, 0.717) is 12.6 Å². The monoisotopic (exact) mass is 362 g/mol. The van der Waals surface area contributed by atoms with E-state index >= 15 is 0 Å². The van der Waals surface area contributed by atoms with Gasteiger partial charge in [0, 0.05) is 18.2 Å². The Morgan fingerprint density at radius 2 is 1.70 bits per heavy atom. The number of benzene rings is 2. The van der Waals surface area contributed by atoms with Gasteiger partial charge < -0.3 is 15.4 Å². The van der Waals surface area contributed by atoms with Crippen molar-refractivity contribution in [1.82, 2.24) is 9.97 Å². The van der Waals surface area contributed by atoms with E-state index in [2.05, 4.69) is 39.7 Å². The Balaban J connectivity index is 1.92. The predicted octanol–water partition coefficient (Wildman–Crippen LogP) is 5.50. The highest BCUT2D eigenvalue weighted by Gasteiger charge is 2.09. The first-order valence-electron chi connectivity index (χ1n) is 9.47. The molecular weight excluding hydrogens is 336 g/mol. The van der Waals surface area contributed by atoms with Crippen molar-refractivity contribution in [2.75, 3.05) is 23.8 Å². The molecule has 27 heavy (non-hydrogen) atoms. The summed E-state index contributed by atoms with van der Waals surface area (Å²) in [7, 11) is 0. The molecule has 0 saturated carbocycles. The van der Waals surface area contributed by atoms with Crippen LogP contribution in [-0.4, -0.2) is 23.1 Å². The fourth-order valence-corrected chi connectivity index (χ4v) is 2.71. The van der Waals surface area contributed by atoms with Crippen molar-refractivity contribution in [1.29, 1.82) is 0 Å². The maximum absolute atomic E-state index is 5.71. The van der Waals surface area contributed by atoms with Gasteiger partial charge in [0.15, 0.2) is 0 Å². The second-order valence-electron chi connectivity index (χ2n) is 6.16. The van der Waals surface area contributed by atoms with Crippen LogP contribution in [0.3, 0.4) is 0 Å². The number of hydrogen-bond donors (Lipinski definition) is 2. The largest absolute Gasteiger partial charge is 0.492 e. The maximum atomic E-state index is 5.71. The molecule has 5 nitrogen and oxygen atoms in total. The van der Waals surface area contributed by atoms with Crippen molar-refractivity contribution in [2.45, 2.75) is 26.7 Å². The number of aromatic nitrogens is 2. The molecule has 0 radical (unpaired) electrons. The zero-order valence-electron chi connectivity index (χ0n) is 15.9. The Labute approximate surface area is 160 Å². The van der Waals surface area contributed by atoms with Crippen molar-refractivity contribution in [3.8, 4) is 17.0 Å². The van der Waals surface area contributed by atoms with Gasteiger partial charge in [0.25, 0.3) is 0 Å². The molecule has 0 saturated heterocycles. The van der Waals surface area contributed by atoms with E-state index in [1.807, 2.05) is 55.5 Å². The summed E-state index contributed by atoms with van der Waals surface area (Å²) in [4.78, 5) is 9.32. The van der Waals surface area contributed by atoms with Gasteiger partial charge in [0.2, 0.25) is 5.95 Å². The molecule has 0 aliphatic heterocycles. The Morgan fingerprint density at radius 3 is 2.48 bits per heavy atom. The van der Waals surface area contributed by atoms with Crippen LogP contribution in [0.25, 0.3) is 11.3 Å². The van der Waals surface area contributed by atoms with E-state index in [0.717, 1.165) is 47.9 Å². The molecule has 2 aromatic carbocycles. The van der Waals surface area contributed by atoms with Gasteiger partial charge in [-0.1, -0.05) is 55.8 Å². The van der Waals surface area contributed by atoms with E-state index in [-0.39, 0.29) is 0 Å². The van der Waals surface area contributed by atoms with E-state index in [9.17, 15) is 0 Å². The first-order chi connectivity index (χ1) is 13.3. The zero-order chi connectivity index (χ0) is 18.9. The van der Waals surface area contributed by atoms with Crippen LogP contribution < -0.4 is 15.4 Å². The van der Waals surface area contributed by atoms with Crippen LogP contribution in [0.5, 0.6) is 5.75 Å². The molecule has 0 spiro atoms. The SMILES string of the molecule is CCCCNc1nc(Nc2ccccc2OCC)cc(-c2ccccc2)n1. The molecule has 0 aliphatic rings. The van der Waals surface area contributed by atoms with Crippen molar-refractivity contribution < 1.29 is 4.74 Å². The van der Waals surface area contributed by atoms with Crippen LogP contribution in [0.15, 0.2) is 60.7 Å². The zero-order valence-corrected chi connectivity index (χ0v) is 15.9. The van der Waals surface area contributed by atoms with E-state index in [1.54, 1.807) is 0 Å². The summed E-state index contributed by atoms with van der Waals surface area (Å²) in [6.45, 7) is 5.61. The summed E-state index contributed by atoms with van der Waals surface area (Å²) in [5.41, 5.74) is 2.82. The molecule has 2 N–H and O–H groups in total. The van der Waals surface area contributed by atoms with Crippen molar-refractivity contribution >= 4 is 17.5 Å². The molecule has 0 atom stereocenters. The molecule has 0 bridgehead atoms. The van der Waals surface area contributed by atoms with E-state index < -0.39 is 0 Å². The summed E-state index contributed by atoms with van der Waals surface area (Å²) >= 11 is 0. The lowest BCUT2D eigenvalue weighted by Gasteiger charge is -2.14. The number of unbranched alkanes of at least 4 members (excludes halogenated alkanes) is 1. The number of ether oxygens (including phenoxy) is 1. The summed E-state index contributed by atoms with van der Waals surface area (Å²) in [6.07, 6.45) is 2.20. The average molecular weight is 362 g/mol. The van der Waals surface area contributed by atoms with Crippen molar-refractivity contribution in [2.24, 2.45) is 0 Å². The molecule has 3 aromatic rings. The standard InChI is InChI=1S/C22H26N4O/c1-3-5-15-23-22-25-19(17-11-7-6-8-12-17)16-21(26-22)24-18-13-9-10-14-20(18)27-4-2/h6-14,16H,3-5,15H2,1-2H3,(H2,23,24,25,26). The lowest BCUT2D eigenvalue weighted by atomic mass is 10.1. The minimum absolute atomic E-state index is 0.613. The minimum Gasteiger partial charge on any atom is -0.492 e. The Bertz CT molecular complexity index is 852. The number of para-hydroxylation sites is 2. The first kappa shape index (κ1) is 18.7. The Kier molecular flexibility index (Phi) is 6.63. The third kappa shape index (κ3) is 5.20. The summed E-state index contributed by atoms with van der Waals surface area (Å²) in [6, 6.07) is 20.0. The van der Waals surface area contributed by atoms with Gasteiger partial charge >= 0.3 is 0 Å². The van der Waals surface area contributed by atoms with Crippen LogP contribution in [-0.2, 0) is 0 Å². The molecular formula is C22H26N4O. The van der Waals surface area contributed by atoms with Gasteiger partial charge in [0.05, 0.1) is 18.0 Å². The number of anilines is 3. The van der Waals surface area contributed by atoms with Gasteiger partial charge in [-0.25, -0.2) is 4.98 Å². The first-order valence-corrected chi connectivity index (χ1v) is 9.47. The highest BCUT2D eigenvalue weighted by atomic mass is 16.5. The van der Waals surface area contributed by atoms with Crippen LogP contribution in [0.4, 0.5) is 17.5 Å². The van der Waals surface area contributed by atoms with Gasteiger partial charge in [-0.15, -0.1) is 0 Å². The average Bonchev–Trinajstić information content (AvgIpc) is 2.70. The second kappa shape index (κ2) is 9.57. The summed E-state index contributed by atoms with van der Waals surface area (Å²) in [5, 5.41) is 6.71. The predicted molar refractivity (Wildman–Crippen MR) is 112 cm³/mol. The highest BCUT2D eigenvalue weighted by molar-refractivity contribution is 5.69. The van der Waals surface area contributed by atoms with Crippen LogP contribution in [0.2, 0.25) is 0 Å². The molecule has 140 valence electrons. The lowest BCUT2D eigenvalue weighted by molar-refractivity contribution is 0.342. The van der Waals surface area contributed by atoms with E-state index in [4.69, 9.17) is 4.74 Å². The Hall–Kier alpha value is -3.08. The van der Waals surface area contributed by atoms with Crippen molar-refractivity contribution in [3.05, 3.63) is 60.7 Å². The fraction of sp³-hybridized carbons (Fsp3) is 0.273. The number of nitrogens with zero attached hydrogens (tertiary/aromatic N) is 2. The van der Waals surface area contributed by atoms with Crippen LogP contribution >= 0.6 is 0 Å². The van der Waals surface area contributed by atoms with Crippen LogP contribution in [0, 0.1) is 0 Å². The highest BCUT2D eigenvalue weighted by Crippen LogP contribution is 2.29. The molecule has 3 rings (SSSR count). The summed E-state index contributed by atoms with van der Waals surface area (Å²) in [5.74, 6) is 2.16. The molecule has 0 amide bonds. The molecule has 0 unspecified atom stereocenters. The third-order valence-electron chi connectivity index (χ3n) is 4.06. The molecule has 5 heteroatoms. The number of rotatable bonds is 9. The minimum atomic E-state index is 0.613. The number of nitrogens with one attached hydrogen (secondary N) is 2. The third-order valence-corrected chi connectivity index (χ3v) is 4.06. The van der Waals surface area contributed by atoms with Crippen molar-refractivity contribution in [3.63, 3.8) is 0 Å². The quantitative estimate of drug-likeness (QED) is 0.492. The lowest BCUT2D eigenvalue weighted by Crippen LogP contribution is -2.07. The smallest absolute Gasteiger partial charge is 0.225 e. The molecule has 0 fully saturated rings. The van der Waals surface area contributed by atoms with E-state index in [1.165, 1.54) is 0 Å². The van der Waals surface area contributed by atoms with Gasteiger partial charge in [-0.2, -0.15) is 4.98 Å². The van der Waals surface area contributed by atoms with Gasteiger partial charge in [-0.3, -0.25) is 0 Å². The molecule has 0 aliphatic carbocycles. The Morgan fingerprint density at radius 1 is 0.926 bits per heavy atom. The fourth-order valence-electron chi connectivity index (χ4n) is 2.71. The topological polar surface area (TPSA) is 59.1 Å². The van der Waals surface area contributed by atoms with Gasteiger partial charge in [0.1, 0.15) is 11.6 Å². The van der Waals surface area contributed by atoms with Crippen LogP contribution in [0.1, 0.15) is 26.7 Å². The maximum Gasteiger partial charge on any atom is 0.225 e. The van der Waals surface area contributed by atoms with Gasteiger partial charge in [-0.05, 0) is 25.5 Å².